The molecule has 1 heterocycles. The van der Waals surface area contributed by atoms with Gasteiger partial charge < -0.3 is 10.6 Å². The number of nitrogens with one attached hydrogen (secondary N) is 2. The number of aromatic nitrogens is 1. The van der Waals surface area contributed by atoms with E-state index in [1.54, 1.807) is 0 Å². The zero-order valence-electron chi connectivity index (χ0n) is 14.1. The van der Waals surface area contributed by atoms with E-state index in [1.165, 1.54) is 11.8 Å². The van der Waals surface area contributed by atoms with Crippen molar-refractivity contribution in [2.24, 2.45) is 0 Å². The monoisotopic (exact) mass is 355 g/mol. The molecule has 2 aliphatic carbocycles. The number of amides is 2. The molecule has 0 saturated heterocycles. The summed E-state index contributed by atoms with van der Waals surface area (Å²) in [5.41, 5.74) is 1.41. The third-order valence-electron chi connectivity index (χ3n) is 4.44. The Hall–Kier alpha value is -2.08. The van der Waals surface area contributed by atoms with Gasteiger partial charge in [0.2, 0.25) is 5.91 Å². The first kappa shape index (κ1) is 16.4. The SMILES string of the molecule is CC(Sc1cc(C(=O)NC2CC2)c2ccccc2n1)C(=O)NC1CC1. The molecular weight excluding hydrogens is 334 g/mol. The van der Waals surface area contributed by atoms with E-state index in [1.807, 2.05) is 37.3 Å². The van der Waals surface area contributed by atoms with Crippen molar-refractivity contribution >= 4 is 34.5 Å². The van der Waals surface area contributed by atoms with Crippen LogP contribution in [0.2, 0.25) is 0 Å². The first-order chi connectivity index (χ1) is 12.1. The maximum atomic E-state index is 12.6. The van der Waals surface area contributed by atoms with E-state index < -0.39 is 0 Å². The fraction of sp³-hybridized carbons (Fsp3) is 0.421. The summed E-state index contributed by atoms with van der Waals surface area (Å²) < 4.78 is 0. The molecule has 1 atom stereocenters. The number of pyridine rings is 1. The number of carbonyl (C=O) groups is 2. The van der Waals surface area contributed by atoms with E-state index in [9.17, 15) is 9.59 Å². The summed E-state index contributed by atoms with van der Waals surface area (Å²) in [6.45, 7) is 1.88. The Labute approximate surface area is 151 Å². The number of nitrogens with zero attached hydrogens (tertiary/aromatic N) is 1. The molecule has 0 spiro atoms. The highest BCUT2D eigenvalue weighted by molar-refractivity contribution is 8.00. The Morgan fingerprint density at radius 1 is 1.12 bits per heavy atom. The van der Waals surface area contributed by atoms with Crippen molar-refractivity contribution in [3.63, 3.8) is 0 Å². The van der Waals surface area contributed by atoms with Crippen LogP contribution in [-0.4, -0.2) is 34.1 Å². The lowest BCUT2D eigenvalue weighted by Crippen LogP contribution is -2.32. The third-order valence-corrected chi connectivity index (χ3v) is 5.46. The van der Waals surface area contributed by atoms with Crippen LogP contribution in [-0.2, 0) is 4.79 Å². The molecule has 0 aliphatic heterocycles. The average Bonchev–Trinajstić information content (AvgIpc) is 3.50. The molecule has 6 heteroatoms. The highest BCUT2D eigenvalue weighted by Crippen LogP contribution is 2.29. The second-order valence-corrected chi connectivity index (χ2v) is 8.18. The molecule has 130 valence electrons. The van der Waals surface area contributed by atoms with Crippen LogP contribution < -0.4 is 10.6 Å². The van der Waals surface area contributed by atoms with Gasteiger partial charge in [-0.2, -0.15) is 0 Å². The van der Waals surface area contributed by atoms with Crippen LogP contribution in [0.5, 0.6) is 0 Å². The van der Waals surface area contributed by atoms with E-state index in [0.29, 0.717) is 22.7 Å². The first-order valence-corrected chi connectivity index (χ1v) is 9.66. The number of benzene rings is 1. The Balaban J connectivity index is 1.59. The van der Waals surface area contributed by atoms with Gasteiger partial charge >= 0.3 is 0 Å². The van der Waals surface area contributed by atoms with Gasteiger partial charge in [-0.3, -0.25) is 9.59 Å². The molecule has 0 radical (unpaired) electrons. The fourth-order valence-corrected chi connectivity index (χ4v) is 3.55. The van der Waals surface area contributed by atoms with Crippen molar-refractivity contribution in [1.29, 1.82) is 0 Å². The van der Waals surface area contributed by atoms with Gasteiger partial charge in [0.1, 0.15) is 0 Å². The maximum absolute atomic E-state index is 12.6. The normalized spacial score (nSPS) is 18.0. The quantitative estimate of drug-likeness (QED) is 0.782. The van der Waals surface area contributed by atoms with E-state index >= 15 is 0 Å². The van der Waals surface area contributed by atoms with Crippen molar-refractivity contribution in [2.45, 2.75) is 55.0 Å². The molecule has 1 unspecified atom stereocenters. The number of hydrogen-bond donors (Lipinski definition) is 2. The molecule has 5 nitrogen and oxygen atoms in total. The Kier molecular flexibility index (Phi) is 4.37. The maximum Gasteiger partial charge on any atom is 0.252 e. The van der Waals surface area contributed by atoms with Crippen LogP contribution in [0, 0.1) is 0 Å². The lowest BCUT2D eigenvalue weighted by Gasteiger charge is -2.13. The average molecular weight is 355 g/mol. The van der Waals surface area contributed by atoms with Crippen LogP contribution in [0.1, 0.15) is 43.0 Å². The standard InChI is InChI=1S/C19H21N3O2S/c1-11(18(23)20-12-6-7-12)25-17-10-15(19(24)21-13-8-9-13)14-4-2-3-5-16(14)22-17/h2-5,10-13H,6-9H2,1H3,(H,20,23)(H,21,24). The second-order valence-electron chi connectivity index (χ2n) is 6.82. The zero-order valence-corrected chi connectivity index (χ0v) is 14.9. The molecule has 2 aromatic rings. The van der Waals surface area contributed by atoms with Crippen molar-refractivity contribution < 1.29 is 9.59 Å². The van der Waals surface area contributed by atoms with Gasteiger partial charge in [-0.15, -0.1) is 0 Å². The van der Waals surface area contributed by atoms with Gasteiger partial charge in [0.15, 0.2) is 0 Å². The molecule has 1 aromatic carbocycles. The Bertz CT molecular complexity index is 831. The van der Waals surface area contributed by atoms with Crippen LogP contribution in [0.15, 0.2) is 35.4 Å². The van der Waals surface area contributed by atoms with Gasteiger partial charge in [-0.05, 0) is 44.7 Å². The van der Waals surface area contributed by atoms with Gasteiger partial charge in [-0.1, -0.05) is 30.0 Å². The molecule has 2 saturated carbocycles. The van der Waals surface area contributed by atoms with Gasteiger partial charge in [0.25, 0.3) is 5.91 Å². The summed E-state index contributed by atoms with van der Waals surface area (Å²) in [7, 11) is 0. The minimum absolute atomic E-state index is 0.0337. The molecule has 2 aliphatic rings. The van der Waals surface area contributed by atoms with Gasteiger partial charge in [0.05, 0.1) is 21.4 Å². The largest absolute Gasteiger partial charge is 0.352 e. The molecule has 2 amide bonds. The highest BCUT2D eigenvalue weighted by atomic mass is 32.2. The number of hydrogen-bond acceptors (Lipinski definition) is 4. The van der Waals surface area contributed by atoms with Crippen LogP contribution >= 0.6 is 11.8 Å². The number of carbonyl (C=O) groups excluding carboxylic acids is 2. The van der Waals surface area contributed by atoms with Crippen molar-refractivity contribution in [3.05, 3.63) is 35.9 Å². The lowest BCUT2D eigenvalue weighted by molar-refractivity contribution is -0.120. The molecule has 2 N–H and O–H groups in total. The number of thioether (sulfide) groups is 1. The van der Waals surface area contributed by atoms with E-state index in [2.05, 4.69) is 15.6 Å². The summed E-state index contributed by atoms with van der Waals surface area (Å²) in [6.07, 6.45) is 4.25. The van der Waals surface area contributed by atoms with Gasteiger partial charge in [0, 0.05) is 17.5 Å². The minimum Gasteiger partial charge on any atom is -0.352 e. The predicted octanol–water partition coefficient (Wildman–Crippen LogP) is 2.89. The number of fused-ring (bicyclic) bond motifs is 1. The first-order valence-electron chi connectivity index (χ1n) is 8.78. The van der Waals surface area contributed by atoms with Crippen molar-refractivity contribution in [3.8, 4) is 0 Å². The Morgan fingerprint density at radius 2 is 1.80 bits per heavy atom. The summed E-state index contributed by atoms with van der Waals surface area (Å²) in [6, 6.07) is 10.1. The summed E-state index contributed by atoms with van der Waals surface area (Å²) in [4.78, 5) is 29.4. The summed E-state index contributed by atoms with van der Waals surface area (Å²) in [5.74, 6) is -0.0236. The van der Waals surface area contributed by atoms with Crippen LogP contribution in [0.25, 0.3) is 10.9 Å². The van der Waals surface area contributed by atoms with E-state index in [4.69, 9.17) is 0 Å². The van der Waals surface area contributed by atoms with Crippen LogP contribution in [0.4, 0.5) is 0 Å². The zero-order chi connectivity index (χ0) is 17.4. The highest BCUT2D eigenvalue weighted by Gasteiger charge is 2.27. The minimum atomic E-state index is -0.242. The van der Waals surface area contributed by atoms with E-state index in [0.717, 1.165) is 36.6 Å². The van der Waals surface area contributed by atoms with Crippen LogP contribution in [0.3, 0.4) is 0 Å². The molecule has 1 aromatic heterocycles. The predicted molar refractivity (Wildman–Crippen MR) is 98.7 cm³/mol. The molecule has 2 fully saturated rings. The molecule has 4 rings (SSSR count). The topological polar surface area (TPSA) is 71.1 Å². The molecule has 25 heavy (non-hydrogen) atoms. The van der Waals surface area contributed by atoms with E-state index in [-0.39, 0.29) is 17.1 Å². The molecule has 0 bridgehead atoms. The fourth-order valence-electron chi connectivity index (χ4n) is 2.67. The van der Waals surface area contributed by atoms with Crippen molar-refractivity contribution in [1.82, 2.24) is 15.6 Å². The van der Waals surface area contributed by atoms with Gasteiger partial charge in [-0.25, -0.2) is 4.98 Å². The number of rotatable bonds is 6. The second kappa shape index (κ2) is 6.67. The summed E-state index contributed by atoms with van der Waals surface area (Å²) in [5, 5.41) is 7.37. The number of para-hydroxylation sites is 1. The summed E-state index contributed by atoms with van der Waals surface area (Å²) >= 11 is 1.40. The molecular formula is C19H21N3O2S. The Morgan fingerprint density at radius 3 is 2.52 bits per heavy atom. The lowest BCUT2D eigenvalue weighted by atomic mass is 10.1. The van der Waals surface area contributed by atoms with Crippen molar-refractivity contribution in [2.75, 3.05) is 0 Å². The third kappa shape index (κ3) is 3.95. The smallest absolute Gasteiger partial charge is 0.252 e.